The highest BCUT2D eigenvalue weighted by Crippen LogP contribution is 2.14. The Morgan fingerprint density at radius 2 is 1.84 bits per heavy atom. The van der Waals surface area contributed by atoms with Crippen LogP contribution in [0.2, 0.25) is 0 Å². The number of halogens is 1. The lowest BCUT2D eigenvalue weighted by molar-refractivity contribution is -0.123. The molecule has 2 rings (SSSR count). The van der Waals surface area contributed by atoms with Gasteiger partial charge in [0, 0.05) is 12.2 Å². The molecule has 2 aromatic carbocycles. The average Bonchev–Trinajstić information content (AvgIpc) is 2.59. The van der Waals surface area contributed by atoms with Gasteiger partial charge in [-0.05, 0) is 35.9 Å². The van der Waals surface area contributed by atoms with Crippen LogP contribution in [0.1, 0.15) is 18.1 Å². The van der Waals surface area contributed by atoms with Crippen LogP contribution in [0.3, 0.4) is 0 Å². The largest absolute Gasteiger partial charge is 0.347 e. The summed E-state index contributed by atoms with van der Waals surface area (Å²) in [7, 11) is 0. The van der Waals surface area contributed by atoms with Crippen LogP contribution < -0.4 is 16.0 Å². The molecule has 6 heteroatoms. The highest BCUT2D eigenvalue weighted by Gasteiger charge is 2.09. The van der Waals surface area contributed by atoms with Gasteiger partial charge in [0.2, 0.25) is 11.8 Å². The Hall–Kier alpha value is -2.73. The van der Waals surface area contributed by atoms with Crippen molar-refractivity contribution in [2.24, 2.45) is 0 Å². The van der Waals surface area contributed by atoms with Crippen LogP contribution in [0.5, 0.6) is 0 Å². The van der Waals surface area contributed by atoms with Gasteiger partial charge in [0.15, 0.2) is 0 Å². The second-order valence-corrected chi connectivity index (χ2v) is 5.57. The first-order chi connectivity index (χ1) is 12.1. The summed E-state index contributed by atoms with van der Waals surface area (Å²) in [5.41, 5.74) is 2.26. The van der Waals surface area contributed by atoms with Crippen molar-refractivity contribution in [3.05, 3.63) is 65.5 Å². The number of anilines is 1. The standard InChI is InChI=1S/C19H22FN3O2/c1-2-21-12-15-7-3-4-9-17(15)23-19(25)13-22-18(24)11-14-6-5-8-16(20)10-14/h3-10,21H,2,11-13H2,1H3,(H,22,24)(H,23,25). The fourth-order valence-electron chi connectivity index (χ4n) is 2.32. The molecule has 0 heterocycles. The lowest BCUT2D eigenvalue weighted by Crippen LogP contribution is -2.34. The summed E-state index contributed by atoms with van der Waals surface area (Å²) >= 11 is 0. The van der Waals surface area contributed by atoms with Gasteiger partial charge in [-0.1, -0.05) is 37.3 Å². The first-order valence-corrected chi connectivity index (χ1v) is 8.18. The smallest absolute Gasteiger partial charge is 0.243 e. The van der Waals surface area contributed by atoms with Crippen molar-refractivity contribution in [1.29, 1.82) is 0 Å². The first kappa shape index (κ1) is 18.6. The van der Waals surface area contributed by atoms with Crippen LogP contribution >= 0.6 is 0 Å². The van der Waals surface area contributed by atoms with Crippen LogP contribution in [-0.2, 0) is 22.6 Å². The maximum absolute atomic E-state index is 13.1. The second-order valence-electron chi connectivity index (χ2n) is 5.57. The molecule has 132 valence electrons. The van der Waals surface area contributed by atoms with E-state index in [2.05, 4.69) is 16.0 Å². The van der Waals surface area contributed by atoms with E-state index in [1.54, 1.807) is 12.1 Å². The van der Waals surface area contributed by atoms with Crippen LogP contribution in [0, 0.1) is 5.82 Å². The van der Waals surface area contributed by atoms with E-state index in [0.717, 1.165) is 12.1 Å². The zero-order chi connectivity index (χ0) is 18.1. The average molecular weight is 343 g/mol. The molecule has 0 aromatic heterocycles. The summed E-state index contributed by atoms with van der Waals surface area (Å²) < 4.78 is 13.1. The molecule has 0 unspecified atom stereocenters. The van der Waals surface area contributed by atoms with Crippen molar-refractivity contribution in [3.8, 4) is 0 Å². The second kappa shape index (κ2) is 9.54. The quantitative estimate of drug-likeness (QED) is 0.688. The summed E-state index contributed by atoms with van der Waals surface area (Å²) in [6.45, 7) is 3.36. The van der Waals surface area contributed by atoms with Crippen LogP contribution in [-0.4, -0.2) is 24.9 Å². The van der Waals surface area contributed by atoms with Crippen molar-refractivity contribution in [3.63, 3.8) is 0 Å². The van der Waals surface area contributed by atoms with Crippen molar-refractivity contribution in [2.45, 2.75) is 19.9 Å². The van der Waals surface area contributed by atoms with Gasteiger partial charge in [-0.25, -0.2) is 4.39 Å². The summed E-state index contributed by atoms with van der Waals surface area (Å²) in [6.07, 6.45) is 0.0298. The molecule has 2 amide bonds. The highest BCUT2D eigenvalue weighted by molar-refractivity contribution is 5.95. The van der Waals surface area contributed by atoms with Gasteiger partial charge in [0.05, 0.1) is 13.0 Å². The molecule has 0 spiro atoms. The number of carbonyl (C=O) groups is 2. The van der Waals surface area contributed by atoms with E-state index in [1.165, 1.54) is 12.1 Å². The van der Waals surface area contributed by atoms with E-state index in [9.17, 15) is 14.0 Å². The molecule has 0 aliphatic rings. The molecule has 0 aliphatic carbocycles. The zero-order valence-corrected chi connectivity index (χ0v) is 14.1. The van der Waals surface area contributed by atoms with Crippen molar-refractivity contribution >= 4 is 17.5 Å². The van der Waals surface area contributed by atoms with Crippen molar-refractivity contribution in [1.82, 2.24) is 10.6 Å². The summed E-state index contributed by atoms with van der Waals surface area (Å²) in [4.78, 5) is 23.9. The molecule has 25 heavy (non-hydrogen) atoms. The molecule has 0 saturated carbocycles. The predicted octanol–water partition coefficient (Wildman–Crippen LogP) is 2.23. The fraction of sp³-hybridized carbons (Fsp3) is 0.263. The number of para-hydroxylation sites is 1. The number of hydrogen-bond acceptors (Lipinski definition) is 3. The van der Waals surface area contributed by atoms with E-state index < -0.39 is 0 Å². The SMILES string of the molecule is CCNCc1ccccc1NC(=O)CNC(=O)Cc1cccc(F)c1. The minimum absolute atomic E-state index is 0.0298. The van der Waals surface area contributed by atoms with E-state index in [0.29, 0.717) is 17.8 Å². The normalized spacial score (nSPS) is 10.3. The van der Waals surface area contributed by atoms with Gasteiger partial charge in [0.25, 0.3) is 0 Å². The number of hydrogen-bond donors (Lipinski definition) is 3. The number of benzene rings is 2. The third kappa shape index (κ3) is 6.35. The van der Waals surface area contributed by atoms with Gasteiger partial charge in [-0.3, -0.25) is 9.59 Å². The molecular weight excluding hydrogens is 321 g/mol. The molecule has 0 fully saturated rings. The van der Waals surface area contributed by atoms with Gasteiger partial charge < -0.3 is 16.0 Å². The molecule has 0 radical (unpaired) electrons. The fourth-order valence-corrected chi connectivity index (χ4v) is 2.32. The van der Waals surface area contributed by atoms with Crippen LogP contribution in [0.4, 0.5) is 10.1 Å². The molecule has 2 aromatic rings. The van der Waals surface area contributed by atoms with Crippen LogP contribution in [0.25, 0.3) is 0 Å². The Labute approximate surface area is 146 Å². The molecule has 0 bridgehead atoms. The van der Waals surface area contributed by atoms with Gasteiger partial charge in [-0.15, -0.1) is 0 Å². The summed E-state index contributed by atoms with van der Waals surface area (Å²) in [5.74, 6) is -1.03. The Kier molecular flexibility index (Phi) is 7.10. The summed E-state index contributed by atoms with van der Waals surface area (Å²) in [6, 6.07) is 13.3. The van der Waals surface area contributed by atoms with Crippen LogP contribution in [0.15, 0.2) is 48.5 Å². The summed E-state index contributed by atoms with van der Waals surface area (Å²) in [5, 5.41) is 8.55. The first-order valence-electron chi connectivity index (χ1n) is 8.18. The number of rotatable bonds is 8. The monoisotopic (exact) mass is 343 g/mol. The number of carbonyl (C=O) groups excluding carboxylic acids is 2. The minimum atomic E-state index is -0.389. The third-order valence-corrected chi connectivity index (χ3v) is 3.56. The minimum Gasteiger partial charge on any atom is -0.347 e. The number of nitrogens with one attached hydrogen (secondary N) is 3. The van der Waals surface area contributed by atoms with E-state index in [1.807, 2.05) is 31.2 Å². The van der Waals surface area contributed by atoms with Crippen molar-refractivity contribution in [2.75, 3.05) is 18.4 Å². The van der Waals surface area contributed by atoms with Gasteiger partial charge in [-0.2, -0.15) is 0 Å². The zero-order valence-electron chi connectivity index (χ0n) is 14.1. The Morgan fingerprint density at radius 1 is 1.04 bits per heavy atom. The molecule has 5 nitrogen and oxygen atoms in total. The Morgan fingerprint density at radius 3 is 2.60 bits per heavy atom. The lowest BCUT2D eigenvalue weighted by atomic mass is 10.1. The predicted molar refractivity (Wildman–Crippen MR) is 95.6 cm³/mol. The van der Waals surface area contributed by atoms with E-state index in [4.69, 9.17) is 0 Å². The molecule has 0 saturated heterocycles. The van der Waals surface area contributed by atoms with E-state index in [-0.39, 0.29) is 30.6 Å². The molecular formula is C19H22FN3O2. The lowest BCUT2D eigenvalue weighted by Gasteiger charge is -2.12. The Bertz CT molecular complexity index is 734. The maximum Gasteiger partial charge on any atom is 0.243 e. The van der Waals surface area contributed by atoms with Gasteiger partial charge >= 0.3 is 0 Å². The van der Waals surface area contributed by atoms with Gasteiger partial charge in [0.1, 0.15) is 5.82 Å². The molecule has 0 aliphatic heterocycles. The number of amides is 2. The van der Waals surface area contributed by atoms with E-state index >= 15 is 0 Å². The highest BCUT2D eigenvalue weighted by atomic mass is 19.1. The van der Waals surface area contributed by atoms with Crippen molar-refractivity contribution < 1.29 is 14.0 Å². The molecule has 3 N–H and O–H groups in total. The maximum atomic E-state index is 13.1. The third-order valence-electron chi connectivity index (χ3n) is 3.56. The topological polar surface area (TPSA) is 70.2 Å². The molecule has 0 atom stereocenters. The Balaban J connectivity index is 1.83.